The second-order valence-electron chi connectivity index (χ2n) is 4.00. The first-order valence-corrected chi connectivity index (χ1v) is 5.39. The smallest absolute Gasteiger partial charge is 0.306 e. The molecule has 2 rings (SSSR count). The Kier molecular flexibility index (Phi) is 3.04. The van der Waals surface area contributed by atoms with Crippen LogP contribution in [-0.2, 0) is 20.7 Å². The Hall–Kier alpha value is -1.64. The largest absolute Gasteiger partial charge is 0.469 e. The summed E-state index contributed by atoms with van der Waals surface area (Å²) < 4.78 is 4.63. The number of methoxy groups -OCH3 is 1. The molecule has 1 aromatic carbocycles. The fourth-order valence-corrected chi connectivity index (χ4v) is 2.18. The lowest BCUT2D eigenvalue weighted by Crippen LogP contribution is -2.23. The van der Waals surface area contributed by atoms with E-state index in [-0.39, 0.29) is 24.1 Å². The molecular formula is C13H14O3. The zero-order chi connectivity index (χ0) is 11.5. The fourth-order valence-electron chi connectivity index (χ4n) is 2.18. The third-order valence-electron chi connectivity index (χ3n) is 3.06. The minimum absolute atomic E-state index is 0.143. The summed E-state index contributed by atoms with van der Waals surface area (Å²) in [6, 6.07) is 7.82. The number of fused-ring (bicyclic) bond motifs is 1. The Morgan fingerprint density at radius 3 is 2.88 bits per heavy atom. The molecule has 0 bridgehead atoms. The van der Waals surface area contributed by atoms with Gasteiger partial charge in [-0.05, 0) is 17.5 Å². The summed E-state index contributed by atoms with van der Waals surface area (Å²) in [7, 11) is 1.35. The number of hydrogen-bond donors (Lipinski definition) is 0. The number of carbonyl (C=O) groups is 2. The Labute approximate surface area is 94.4 Å². The van der Waals surface area contributed by atoms with E-state index in [0.29, 0.717) is 6.42 Å². The highest BCUT2D eigenvalue weighted by atomic mass is 16.5. The molecule has 84 valence electrons. The van der Waals surface area contributed by atoms with Crippen LogP contribution >= 0.6 is 0 Å². The van der Waals surface area contributed by atoms with Gasteiger partial charge in [-0.15, -0.1) is 0 Å². The average Bonchev–Trinajstić information content (AvgIpc) is 2.32. The molecule has 0 radical (unpaired) electrons. The molecule has 16 heavy (non-hydrogen) atoms. The third kappa shape index (κ3) is 1.98. The molecule has 0 N–H and O–H groups in total. The second kappa shape index (κ2) is 4.47. The van der Waals surface area contributed by atoms with E-state index in [4.69, 9.17) is 0 Å². The van der Waals surface area contributed by atoms with Crippen LogP contribution in [0.15, 0.2) is 24.3 Å². The van der Waals surface area contributed by atoms with Crippen LogP contribution in [0.5, 0.6) is 0 Å². The highest BCUT2D eigenvalue weighted by molar-refractivity contribution is 5.91. The molecule has 0 unspecified atom stereocenters. The number of aryl methyl sites for hydroxylation is 1. The zero-order valence-corrected chi connectivity index (χ0v) is 9.23. The summed E-state index contributed by atoms with van der Waals surface area (Å²) in [6.45, 7) is 0. The highest BCUT2D eigenvalue weighted by Gasteiger charge is 2.29. The van der Waals surface area contributed by atoms with Crippen molar-refractivity contribution in [1.29, 1.82) is 0 Å². The standard InChI is InChI=1S/C13H14O3/c1-16-13(15)8-11-10-5-3-2-4-9(10)6-7-12(11)14/h2-5,11H,6-8H2,1H3/t11-/m1/s1. The quantitative estimate of drug-likeness (QED) is 0.711. The molecule has 0 heterocycles. The molecule has 0 saturated carbocycles. The number of esters is 1. The number of rotatable bonds is 2. The van der Waals surface area contributed by atoms with E-state index in [9.17, 15) is 9.59 Å². The minimum Gasteiger partial charge on any atom is -0.469 e. The van der Waals surface area contributed by atoms with Gasteiger partial charge in [-0.2, -0.15) is 0 Å². The molecule has 1 atom stereocenters. The lowest BCUT2D eigenvalue weighted by Gasteiger charge is -2.23. The van der Waals surface area contributed by atoms with Gasteiger partial charge in [-0.3, -0.25) is 9.59 Å². The number of ether oxygens (including phenoxy) is 1. The van der Waals surface area contributed by atoms with Gasteiger partial charge in [0.25, 0.3) is 0 Å². The monoisotopic (exact) mass is 218 g/mol. The molecule has 1 aromatic rings. The summed E-state index contributed by atoms with van der Waals surface area (Å²) in [5.74, 6) is -0.489. The van der Waals surface area contributed by atoms with Crippen LogP contribution in [0, 0.1) is 0 Å². The molecule has 0 aliphatic heterocycles. The van der Waals surface area contributed by atoms with Crippen LogP contribution in [-0.4, -0.2) is 18.9 Å². The first-order chi connectivity index (χ1) is 7.72. The molecule has 3 heteroatoms. The molecule has 0 amide bonds. The molecule has 1 aliphatic rings. The predicted molar refractivity (Wildman–Crippen MR) is 59.1 cm³/mol. The van der Waals surface area contributed by atoms with Crippen molar-refractivity contribution in [2.24, 2.45) is 0 Å². The van der Waals surface area contributed by atoms with Gasteiger partial charge in [0, 0.05) is 6.42 Å². The van der Waals surface area contributed by atoms with Gasteiger partial charge in [-0.1, -0.05) is 24.3 Å². The van der Waals surface area contributed by atoms with Gasteiger partial charge < -0.3 is 4.74 Å². The van der Waals surface area contributed by atoms with E-state index >= 15 is 0 Å². The molecule has 0 aromatic heterocycles. The van der Waals surface area contributed by atoms with Gasteiger partial charge in [-0.25, -0.2) is 0 Å². The first-order valence-electron chi connectivity index (χ1n) is 5.39. The SMILES string of the molecule is COC(=O)C[C@H]1C(=O)CCc2ccccc21. The third-order valence-corrected chi connectivity index (χ3v) is 3.06. The van der Waals surface area contributed by atoms with Crippen molar-refractivity contribution >= 4 is 11.8 Å². The van der Waals surface area contributed by atoms with Crippen LogP contribution in [0.2, 0.25) is 0 Å². The van der Waals surface area contributed by atoms with Crippen LogP contribution in [0.3, 0.4) is 0 Å². The molecule has 0 spiro atoms. The Morgan fingerprint density at radius 1 is 1.38 bits per heavy atom. The van der Waals surface area contributed by atoms with Gasteiger partial charge in [0.05, 0.1) is 19.4 Å². The predicted octanol–water partition coefficient (Wildman–Crippen LogP) is 1.85. The van der Waals surface area contributed by atoms with Crippen LogP contribution < -0.4 is 0 Å². The van der Waals surface area contributed by atoms with Gasteiger partial charge in [0.2, 0.25) is 0 Å². The molecule has 0 saturated heterocycles. The lowest BCUT2D eigenvalue weighted by molar-refractivity contribution is -0.142. The molecule has 3 nitrogen and oxygen atoms in total. The van der Waals surface area contributed by atoms with E-state index in [2.05, 4.69) is 4.74 Å². The molecular weight excluding hydrogens is 204 g/mol. The Bertz CT molecular complexity index is 423. The topological polar surface area (TPSA) is 43.4 Å². The summed E-state index contributed by atoms with van der Waals surface area (Å²) in [6.07, 6.45) is 1.47. The normalized spacial score (nSPS) is 19.1. The first kappa shape index (κ1) is 10.9. The van der Waals surface area contributed by atoms with Crippen LogP contribution in [0.1, 0.15) is 29.9 Å². The minimum atomic E-state index is -0.324. The number of ketones is 1. The van der Waals surface area contributed by atoms with Crippen molar-refractivity contribution in [3.63, 3.8) is 0 Å². The lowest BCUT2D eigenvalue weighted by atomic mass is 9.80. The van der Waals surface area contributed by atoms with Crippen molar-refractivity contribution in [2.75, 3.05) is 7.11 Å². The van der Waals surface area contributed by atoms with E-state index in [1.807, 2.05) is 24.3 Å². The maximum absolute atomic E-state index is 11.8. The summed E-state index contributed by atoms with van der Waals surface area (Å²) in [4.78, 5) is 23.1. The summed E-state index contributed by atoms with van der Waals surface area (Å²) >= 11 is 0. The van der Waals surface area contributed by atoms with Crippen molar-refractivity contribution in [3.05, 3.63) is 35.4 Å². The molecule has 0 fully saturated rings. The van der Waals surface area contributed by atoms with Crippen LogP contribution in [0.25, 0.3) is 0 Å². The van der Waals surface area contributed by atoms with E-state index < -0.39 is 0 Å². The second-order valence-corrected chi connectivity index (χ2v) is 4.00. The summed E-state index contributed by atoms with van der Waals surface area (Å²) in [5, 5.41) is 0. The van der Waals surface area contributed by atoms with Crippen molar-refractivity contribution < 1.29 is 14.3 Å². The average molecular weight is 218 g/mol. The van der Waals surface area contributed by atoms with Crippen molar-refractivity contribution in [2.45, 2.75) is 25.2 Å². The van der Waals surface area contributed by atoms with E-state index in [1.165, 1.54) is 12.7 Å². The van der Waals surface area contributed by atoms with Gasteiger partial charge in [0.1, 0.15) is 5.78 Å². The van der Waals surface area contributed by atoms with E-state index in [1.54, 1.807) is 0 Å². The fraction of sp³-hybridized carbons (Fsp3) is 0.385. The number of carbonyl (C=O) groups excluding carboxylic acids is 2. The van der Waals surface area contributed by atoms with Gasteiger partial charge >= 0.3 is 5.97 Å². The number of Topliss-reactive ketones (excluding diaryl/α,β-unsaturated/α-hetero) is 1. The molecule has 1 aliphatic carbocycles. The van der Waals surface area contributed by atoms with Crippen molar-refractivity contribution in [3.8, 4) is 0 Å². The Morgan fingerprint density at radius 2 is 2.12 bits per heavy atom. The number of hydrogen-bond acceptors (Lipinski definition) is 3. The van der Waals surface area contributed by atoms with Crippen LogP contribution in [0.4, 0.5) is 0 Å². The maximum Gasteiger partial charge on any atom is 0.306 e. The number of benzene rings is 1. The van der Waals surface area contributed by atoms with E-state index in [0.717, 1.165) is 12.0 Å². The maximum atomic E-state index is 11.8. The van der Waals surface area contributed by atoms with Crippen molar-refractivity contribution in [1.82, 2.24) is 0 Å². The summed E-state index contributed by atoms with van der Waals surface area (Å²) in [5.41, 5.74) is 2.17. The Balaban J connectivity index is 2.29. The highest BCUT2D eigenvalue weighted by Crippen LogP contribution is 2.31. The van der Waals surface area contributed by atoms with Gasteiger partial charge in [0.15, 0.2) is 0 Å². The zero-order valence-electron chi connectivity index (χ0n) is 9.23.